The first-order chi connectivity index (χ1) is 27.0. The van der Waals surface area contributed by atoms with E-state index in [0.717, 1.165) is 74.6 Å². The third-order valence-corrected chi connectivity index (χ3v) is 12.4. The van der Waals surface area contributed by atoms with Gasteiger partial charge in [-0.3, -0.25) is 0 Å². The molecule has 0 aliphatic heterocycles. The zero-order valence-electron chi connectivity index (χ0n) is 30.7. The van der Waals surface area contributed by atoms with Crippen molar-refractivity contribution in [1.29, 1.82) is 0 Å². The smallest absolute Gasteiger partial charge is 0.227 e. The zero-order chi connectivity index (χ0) is 36.7. The maximum Gasteiger partial charge on any atom is 0.227 e. The SMILES string of the molecule is CC1(C)c2ccc3nc(-c4ccccc4)oc3c2C2CCC(c3cccc4c3oc3c(-c5nc(-c6ccccc6)nc(-c6ccccc6)n5)cccc34)CC21. The average Bonchev–Trinajstić information content (AvgIpc) is 3.92. The van der Waals surface area contributed by atoms with E-state index in [1.807, 2.05) is 78.9 Å². The Balaban J connectivity index is 0.989. The molecule has 266 valence electrons. The number of fused-ring (bicyclic) bond motifs is 8. The lowest BCUT2D eigenvalue weighted by atomic mass is 9.65. The van der Waals surface area contributed by atoms with Crippen LogP contribution in [0, 0.1) is 5.92 Å². The van der Waals surface area contributed by atoms with Crippen molar-refractivity contribution in [2.75, 3.05) is 0 Å². The summed E-state index contributed by atoms with van der Waals surface area (Å²) < 4.78 is 13.6. The van der Waals surface area contributed by atoms with Crippen LogP contribution in [0.4, 0.5) is 0 Å². The van der Waals surface area contributed by atoms with E-state index in [1.54, 1.807) is 0 Å². The van der Waals surface area contributed by atoms with E-state index in [-0.39, 0.29) is 5.41 Å². The second-order valence-corrected chi connectivity index (χ2v) is 15.8. The minimum Gasteiger partial charge on any atom is -0.455 e. The van der Waals surface area contributed by atoms with Crippen LogP contribution in [0.15, 0.2) is 148 Å². The van der Waals surface area contributed by atoms with Crippen molar-refractivity contribution in [1.82, 2.24) is 19.9 Å². The fourth-order valence-corrected chi connectivity index (χ4v) is 9.71. The summed E-state index contributed by atoms with van der Waals surface area (Å²) in [6.45, 7) is 4.85. The van der Waals surface area contributed by atoms with Gasteiger partial charge in [0, 0.05) is 33.0 Å². The van der Waals surface area contributed by atoms with E-state index in [4.69, 9.17) is 28.8 Å². The number of furan rings is 1. The Labute approximate surface area is 319 Å². The second kappa shape index (κ2) is 12.3. The van der Waals surface area contributed by atoms with Gasteiger partial charge >= 0.3 is 0 Å². The molecule has 1 saturated carbocycles. The first kappa shape index (κ1) is 32.1. The van der Waals surface area contributed by atoms with Gasteiger partial charge in [0.2, 0.25) is 5.89 Å². The van der Waals surface area contributed by atoms with Crippen molar-refractivity contribution < 1.29 is 8.83 Å². The minimum atomic E-state index is -0.00684. The van der Waals surface area contributed by atoms with E-state index >= 15 is 0 Å². The summed E-state index contributed by atoms with van der Waals surface area (Å²) in [6, 6.07) is 47.9. The van der Waals surface area contributed by atoms with Crippen LogP contribution in [0.1, 0.15) is 61.6 Å². The Morgan fingerprint density at radius 3 is 1.84 bits per heavy atom. The summed E-state index contributed by atoms with van der Waals surface area (Å²) in [5, 5.41) is 2.20. The first-order valence-electron chi connectivity index (χ1n) is 19.3. The Morgan fingerprint density at radius 2 is 1.15 bits per heavy atom. The highest BCUT2D eigenvalue weighted by molar-refractivity contribution is 6.10. The van der Waals surface area contributed by atoms with Crippen LogP contribution < -0.4 is 0 Å². The Hall–Kier alpha value is -6.40. The number of rotatable bonds is 5. The van der Waals surface area contributed by atoms with E-state index in [9.17, 15) is 0 Å². The van der Waals surface area contributed by atoms with Crippen molar-refractivity contribution >= 4 is 33.0 Å². The van der Waals surface area contributed by atoms with Crippen molar-refractivity contribution in [3.8, 4) is 45.6 Å². The van der Waals surface area contributed by atoms with Crippen molar-refractivity contribution in [2.45, 2.75) is 50.4 Å². The molecule has 11 rings (SSSR count). The Kier molecular flexibility index (Phi) is 7.18. The molecular weight excluding hydrogens is 677 g/mol. The predicted octanol–water partition coefficient (Wildman–Crippen LogP) is 12.5. The van der Waals surface area contributed by atoms with Gasteiger partial charge < -0.3 is 8.83 Å². The molecule has 0 radical (unpaired) electrons. The lowest BCUT2D eigenvalue weighted by Gasteiger charge is -2.39. The normalized spacial score (nSPS) is 18.8. The van der Waals surface area contributed by atoms with Gasteiger partial charge in [0.25, 0.3) is 0 Å². The second-order valence-electron chi connectivity index (χ2n) is 15.8. The molecular formula is C49H38N4O2. The van der Waals surface area contributed by atoms with E-state index in [2.05, 4.69) is 74.5 Å². The number of benzene rings is 6. The minimum absolute atomic E-state index is 0.00684. The van der Waals surface area contributed by atoms with Crippen LogP contribution in [0.3, 0.4) is 0 Å². The summed E-state index contributed by atoms with van der Waals surface area (Å²) in [5.74, 6) is 3.80. The summed E-state index contributed by atoms with van der Waals surface area (Å²) in [4.78, 5) is 20.0. The maximum absolute atomic E-state index is 7.02. The van der Waals surface area contributed by atoms with Crippen LogP contribution in [0.25, 0.3) is 78.7 Å². The number of aromatic nitrogens is 4. The molecule has 0 saturated heterocycles. The monoisotopic (exact) mass is 714 g/mol. The van der Waals surface area contributed by atoms with E-state index in [0.29, 0.717) is 41.1 Å². The fraction of sp³-hybridized carbons (Fsp3) is 0.184. The molecule has 3 heterocycles. The number of para-hydroxylation sites is 2. The first-order valence-corrected chi connectivity index (χ1v) is 19.3. The highest BCUT2D eigenvalue weighted by Crippen LogP contribution is 2.61. The molecule has 0 bridgehead atoms. The molecule has 55 heavy (non-hydrogen) atoms. The van der Waals surface area contributed by atoms with E-state index < -0.39 is 0 Å². The Bertz CT molecular complexity index is 2840. The summed E-state index contributed by atoms with van der Waals surface area (Å²) in [5.41, 5.74) is 11.5. The van der Waals surface area contributed by atoms with Gasteiger partial charge in [-0.1, -0.05) is 129 Å². The van der Waals surface area contributed by atoms with Crippen LogP contribution in [-0.2, 0) is 5.41 Å². The number of oxazole rings is 1. The molecule has 1 fully saturated rings. The molecule has 3 aromatic heterocycles. The highest BCUT2D eigenvalue weighted by atomic mass is 16.3. The van der Waals surface area contributed by atoms with Gasteiger partial charge in [-0.15, -0.1) is 0 Å². The molecule has 0 amide bonds. The topological polar surface area (TPSA) is 77.8 Å². The van der Waals surface area contributed by atoms with Crippen LogP contribution in [0.2, 0.25) is 0 Å². The summed E-state index contributed by atoms with van der Waals surface area (Å²) in [7, 11) is 0. The molecule has 0 N–H and O–H groups in total. The quantitative estimate of drug-likeness (QED) is 0.177. The zero-order valence-corrected chi connectivity index (χ0v) is 30.7. The van der Waals surface area contributed by atoms with E-state index in [1.165, 1.54) is 16.7 Å². The molecule has 3 unspecified atom stereocenters. The molecule has 3 atom stereocenters. The van der Waals surface area contributed by atoms with Gasteiger partial charge in [-0.05, 0) is 77.8 Å². The van der Waals surface area contributed by atoms with Gasteiger partial charge in [0.1, 0.15) is 16.7 Å². The summed E-state index contributed by atoms with van der Waals surface area (Å²) in [6.07, 6.45) is 3.23. The number of nitrogens with zero attached hydrogens (tertiary/aromatic N) is 4. The van der Waals surface area contributed by atoms with Crippen LogP contribution in [-0.4, -0.2) is 19.9 Å². The highest BCUT2D eigenvalue weighted by Gasteiger charge is 2.50. The predicted molar refractivity (Wildman–Crippen MR) is 219 cm³/mol. The third-order valence-electron chi connectivity index (χ3n) is 12.4. The fourth-order valence-electron chi connectivity index (χ4n) is 9.71. The van der Waals surface area contributed by atoms with Gasteiger partial charge in [-0.25, -0.2) is 19.9 Å². The van der Waals surface area contributed by atoms with Gasteiger partial charge in [0.05, 0.1) is 5.56 Å². The molecule has 2 aliphatic carbocycles. The molecule has 6 nitrogen and oxygen atoms in total. The molecule has 6 aromatic carbocycles. The van der Waals surface area contributed by atoms with Gasteiger partial charge in [-0.2, -0.15) is 0 Å². The van der Waals surface area contributed by atoms with Crippen molar-refractivity contribution in [2.24, 2.45) is 5.92 Å². The number of hydrogen-bond donors (Lipinski definition) is 0. The van der Waals surface area contributed by atoms with Crippen molar-refractivity contribution in [3.05, 3.63) is 156 Å². The molecule has 9 aromatic rings. The Morgan fingerprint density at radius 1 is 0.527 bits per heavy atom. The lowest BCUT2D eigenvalue weighted by molar-refractivity contribution is 0.213. The standard InChI is InChI=1S/C49H38N4O2/c1-49(2)38-26-27-40-44(55-48(50-40)31-18-10-5-11-19-31)41(38)36-25-24-32(28-39(36)49)33-20-12-21-34-35-22-13-23-37(43(35)54-42(33)34)47-52-45(29-14-6-3-7-15-29)51-46(53-47)30-16-8-4-9-17-30/h3-23,26-27,32,36,39H,24-25,28H2,1-2H3. The summed E-state index contributed by atoms with van der Waals surface area (Å²) >= 11 is 0. The lowest BCUT2D eigenvalue weighted by Crippen LogP contribution is -2.30. The number of hydrogen-bond acceptors (Lipinski definition) is 6. The largest absolute Gasteiger partial charge is 0.455 e. The molecule has 2 aliphatic rings. The average molecular weight is 715 g/mol. The molecule has 6 heteroatoms. The maximum atomic E-state index is 7.02. The third kappa shape index (κ3) is 5.08. The van der Waals surface area contributed by atoms with Gasteiger partial charge in [0.15, 0.2) is 23.1 Å². The van der Waals surface area contributed by atoms with Crippen LogP contribution in [0.5, 0.6) is 0 Å². The van der Waals surface area contributed by atoms with Crippen molar-refractivity contribution in [3.63, 3.8) is 0 Å². The molecule has 0 spiro atoms. The van der Waals surface area contributed by atoms with Crippen LogP contribution >= 0.6 is 0 Å².